The molecule has 0 fully saturated rings. The number of ether oxygens (including phenoxy) is 2. The summed E-state index contributed by atoms with van der Waals surface area (Å²) in [5.41, 5.74) is 13.1. The van der Waals surface area contributed by atoms with Crippen LogP contribution in [-0.2, 0) is 4.79 Å². The van der Waals surface area contributed by atoms with Crippen LogP contribution in [0.2, 0.25) is 0 Å². The van der Waals surface area contributed by atoms with E-state index < -0.39 is 18.6 Å². The Morgan fingerprint density at radius 2 is 2.16 bits per heavy atom. The van der Waals surface area contributed by atoms with E-state index in [9.17, 15) is 10.1 Å². The topological polar surface area (TPSA) is 205 Å². The van der Waals surface area contributed by atoms with Gasteiger partial charge in [-0.15, -0.1) is 0 Å². The molecule has 1 unspecified atom stereocenters. The van der Waals surface area contributed by atoms with Crippen molar-refractivity contribution in [1.29, 1.82) is 10.5 Å². The van der Waals surface area contributed by atoms with Crippen LogP contribution in [0.15, 0.2) is 17.1 Å². The lowest BCUT2D eigenvalue weighted by atomic mass is 9.95. The van der Waals surface area contributed by atoms with Crippen LogP contribution in [0, 0.1) is 26.4 Å². The van der Waals surface area contributed by atoms with Crippen molar-refractivity contribution in [2.45, 2.75) is 6.04 Å². The molecule has 0 bridgehead atoms. The van der Waals surface area contributed by atoms with Gasteiger partial charge in [-0.25, -0.2) is 14.8 Å². The molecule has 13 heteroatoms. The number of nitriles is 2. The van der Waals surface area contributed by atoms with Gasteiger partial charge >= 0.3 is 5.97 Å². The molecule has 1 aliphatic rings. The summed E-state index contributed by atoms with van der Waals surface area (Å²) in [5.74, 6) is -0.318. The SMILES string of the molecule is COc1cc(C2N=C(NC#N)Nc3nc(N)c(C#N)c(N)c32)cc(I)c1OCC(=O)O. The minimum Gasteiger partial charge on any atom is -0.493 e. The van der Waals surface area contributed by atoms with E-state index in [2.05, 4.69) is 20.6 Å². The molecule has 158 valence electrons. The number of anilines is 3. The van der Waals surface area contributed by atoms with Crippen molar-refractivity contribution in [3.8, 4) is 23.8 Å². The number of methoxy groups -OCH3 is 1. The highest BCUT2D eigenvalue weighted by Crippen LogP contribution is 2.43. The third kappa shape index (κ3) is 4.17. The van der Waals surface area contributed by atoms with Crippen LogP contribution >= 0.6 is 22.6 Å². The van der Waals surface area contributed by atoms with Gasteiger partial charge in [0, 0.05) is 5.56 Å². The van der Waals surface area contributed by atoms with Crippen molar-refractivity contribution in [2.75, 3.05) is 30.5 Å². The third-order valence-electron chi connectivity index (χ3n) is 4.27. The number of carboxylic acids is 1. The lowest BCUT2D eigenvalue weighted by Gasteiger charge is -2.27. The van der Waals surface area contributed by atoms with E-state index in [-0.39, 0.29) is 40.3 Å². The number of hydrogen-bond donors (Lipinski definition) is 5. The van der Waals surface area contributed by atoms with Crippen molar-refractivity contribution >= 4 is 51.8 Å². The van der Waals surface area contributed by atoms with Crippen molar-refractivity contribution in [3.05, 3.63) is 32.4 Å². The van der Waals surface area contributed by atoms with Gasteiger partial charge in [-0.3, -0.25) is 5.32 Å². The summed E-state index contributed by atoms with van der Waals surface area (Å²) in [4.78, 5) is 19.5. The molecule has 1 aromatic heterocycles. The number of guanidine groups is 1. The highest BCUT2D eigenvalue weighted by atomic mass is 127. The Kier molecular flexibility index (Phi) is 6.17. The number of rotatable bonds is 5. The Bertz CT molecular complexity index is 1180. The normalized spacial score (nSPS) is 14.2. The monoisotopic (exact) mass is 534 g/mol. The van der Waals surface area contributed by atoms with Crippen LogP contribution < -0.4 is 31.6 Å². The number of aromatic nitrogens is 1. The first-order valence-corrected chi connectivity index (χ1v) is 9.59. The van der Waals surface area contributed by atoms with E-state index in [1.807, 2.05) is 28.7 Å². The van der Waals surface area contributed by atoms with E-state index in [4.69, 9.17) is 31.3 Å². The van der Waals surface area contributed by atoms with Crippen LogP contribution in [0.25, 0.3) is 0 Å². The number of aliphatic carboxylic acids is 1. The van der Waals surface area contributed by atoms with E-state index >= 15 is 0 Å². The van der Waals surface area contributed by atoms with Gasteiger partial charge in [-0.2, -0.15) is 10.5 Å². The fourth-order valence-corrected chi connectivity index (χ4v) is 3.77. The summed E-state index contributed by atoms with van der Waals surface area (Å²) >= 11 is 1.98. The molecule has 31 heavy (non-hydrogen) atoms. The molecule has 2 heterocycles. The number of hydrogen-bond acceptors (Lipinski definition) is 11. The first-order chi connectivity index (χ1) is 14.8. The van der Waals surface area contributed by atoms with E-state index in [0.29, 0.717) is 14.7 Å². The number of fused-ring (bicyclic) bond motifs is 1. The van der Waals surface area contributed by atoms with Gasteiger partial charge in [0.25, 0.3) is 0 Å². The molecule has 0 saturated heterocycles. The number of nitrogens with zero attached hydrogens (tertiary/aromatic N) is 4. The largest absolute Gasteiger partial charge is 0.493 e. The Morgan fingerprint density at radius 3 is 2.77 bits per heavy atom. The minimum atomic E-state index is -1.13. The predicted octanol–water partition coefficient (Wildman–Crippen LogP) is 1.14. The number of nitrogens with two attached hydrogens (primary N) is 2. The number of benzene rings is 1. The van der Waals surface area contributed by atoms with Gasteiger partial charge < -0.3 is 31.4 Å². The maximum absolute atomic E-state index is 10.9. The van der Waals surface area contributed by atoms with Crippen LogP contribution in [0.4, 0.5) is 17.3 Å². The van der Waals surface area contributed by atoms with Gasteiger partial charge in [-0.1, -0.05) is 0 Å². The number of nitrogens with one attached hydrogen (secondary N) is 2. The molecule has 0 amide bonds. The zero-order valence-electron chi connectivity index (χ0n) is 15.9. The second-order valence-corrected chi connectivity index (χ2v) is 7.28. The lowest BCUT2D eigenvalue weighted by Crippen LogP contribution is -2.32. The molecule has 1 aromatic carbocycles. The highest BCUT2D eigenvalue weighted by molar-refractivity contribution is 14.1. The molecule has 0 saturated carbocycles. The van der Waals surface area contributed by atoms with Gasteiger partial charge in [0.15, 0.2) is 24.3 Å². The molecule has 0 spiro atoms. The summed E-state index contributed by atoms with van der Waals surface area (Å²) < 4.78 is 11.3. The Hall–Kier alpha value is -3.98. The quantitative estimate of drug-likeness (QED) is 0.209. The maximum Gasteiger partial charge on any atom is 0.341 e. The van der Waals surface area contributed by atoms with Crippen LogP contribution in [0.1, 0.15) is 22.7 Å². The molecular weight excluding hydrogens is 519 g/mol. The number of carbonyl (C=O) groups is 1. The second kappa shape index (κ2) is 8.80. The van der Waals surface area contributed by atoms with Crippen LogP contribution in [0.3, 0.4) is 0 Å². The van der Waals surface area contributed by atoms with Crippen LogP contribution in [-0.4, -0.2) is 35.7 Å². The number of nitrogen functional groups attached to an aromatic ring is 2. The summed E-state index contributed by atoms with van der Waals surface area (Å²) in [7, 11) is 1.41. The molecular formula is C18H15IN8O4. The predicted molar refractivity (Wildman–Crippen MR) is 118 cm³/mol. The first kappa shape index (κ1) is 21.7. The number of halogens is 1. The van der Waals surface area contributed by atoms with Gasteiger partial charge in [0.05, 0.1) is 16.4 Å². The molecule has 7 N–H and O–H groups in total. The summed E-state index contributed by atoms with van der Waals surface area (Å²) in [6.07, 6.45) is 1.77. The second-order valence-electron chi connectivity index (χ2n) is 6.12. The molecule has 1 aliphatic heterocycles. The average Bonchev–Trinajstić information content (AvgIpc) is 2.72. The van der Waals surface area contributed by atoms with E-state index in [1.165, 1.54) is 7.11 Å². The van der Waals surface area contributed by atoms with Crippen molar-refractivity contribution in [3.63, 3.8) is 0 Å². The van der Waals surface area contributed by atoms with Crippen LogP contribution in [0.5, 0.6) is 11.5 Å². The third-order valence-corrected chi connectivity index (χ3v) is 5.07. The van der Waals surface area contributed by atoms with Crippen molar-refractivity contribution < 1.29 is 19.4 Å². The fraction of sp³-hybridized carbons (Fsp3) is 0.167. The van der Waals surface area contributed by atoms with E-state index in [0.717, 1.165) is 0 Å². The highest BCUT2D eigenvalue weighted by Gasteiger charge is 2.31. The standard InChI is InChI=1S/C18H15IN8O4/c1-30-10-3-7(2-9(19)15(10)31-5-11(28)29)14-12-13(22)8(4-20)16(23)26-17(12)27-18(25-14)24-6-21/h2-3,14H,5H2,1H3,(H,28,29)(H6,22,23,24,25,26,27). The molecule has 0 radical (unpaired) electrons. The Morgan fingerprint density at radius 1 is 1.42 bits per heavy atom. The van der Waals surface area contributed by atoms with Gasteiger partial charge in [0.1, 0.15) is 29.3 Å². The Labute approximate surface area is 189 Å². The fourth-order valence-electron chi connectivity index (χ4n) is 2.99. The van der Waals surface area contributed by atoms with Crippen molar-refractivity contribution in [1.82, 2.24) is 10.3 Å². The number of pyridine rings is 1. The maximum atomic E-state index is 10.9. The molecule has 12 nitrogen and oxygen atoms in total. The van der Waals surface area contributed by atoms with E-state index in [1.54, 1.807) is 18.3 Å². The number of aliphatic imine (C=N–C) groups is 1. The minimum absolute atomic E-state index is 0.0144. The zero-order chi connectivity index (χ0) is 22.7. The summed E-state index contributed by atoms with van der Waals surface area (Å²) in [6.45, 7) is -0.544. The van der Waals surface area contributed by atoms with Gasteiger partial charge in [0.2, 0.25) is 5.96 Å². The summed E-state index contributed by atoms with van der Waals surface area (Å²) in [6, 6.07) is 4.47. The molecule has 0 aliphatic carbocycles. The zero-order valence-corrected chi connectivity index (χ0v) is 18.1. The molecule has 3 rings (SSSR count). The molecule has 2 aromatic rings. The summed E-state index contributed by atoms with van der Waals surface area (Å²) in [5, 5.41) is 32.6. The lowest BCUT2D eigenvalue weighted by molar-refractivity contribution is -0.139. The smallest absolute Gasteiger partial charge is 0.341 e. The molecule has 1 atom stereocenters. The van der Waals surface area contributed by atoms with Crippen molar-refractivity contribution in [2.24, 2.45) is 4.99 Å². The average molecular weight is 534 g/mol. The Balaban J connectivity index is 2.20. The number of carboxylic acid groups (broad SMARTS) is 1. The van der Waals surface area contributed by atoms with Gasteiger partial charge in [-0.05, 0) is 40.3 Å². The first-order valence-electron chi connectivity index (χ1n) is 8.51.